The van der Waals surface area contributed by atoms with Crippen molar-refractivity contribution in [2.75, 3.05) is 27.9 Å². The molecule has 170 valence electrons. The Morgan fingerprint density at radius 1 is 1.00 bits per heavy atom. The second kappa shape index (κ2) is 9.21. The molecule has 8 heteroatoms. The summed E-state index contributed by atoms with van der Waals surface area (Å²) in [6, 6.07) is 8.20. The van der Waals surface area contributed by atoms with Crippen LogP contribution in [0.25, 0.3) is 6.08 Å². The highest BCUT2D eigenvalue weighted by Gasteiger charge is 2.29. The van der Waals surface area contributed by atoms with Gasteiger partial charge in [-0.15, -0.1) is 0 Å². The van der Waals surface area contributed by atoms with Crippen molar-refractivity contribution >= 4 is 17.8 Å². The molecule has 1 heterocycles. The number of carbonyl (C=O) groups excluding carboxylic acids is 2. The van der Waals surface area contributed by atoms with Crippen LogP contribution in [0, 0.1) is 0 Å². The number of fused-ring (bicyclic) bond motifs is 1. The summed E-state index contributed by atoms with van der Waals surface area (Å²) >= 11 is 0. The first-order valence-electron chi connectivity index (χ1n) is 9.88. The number of Topliss-reactive ketones (excluding diaryl/α,β-unsaturated/α-hetero) is 1. The Balaban J connectivity index is 1.81. The molecule has 8 nitrogen and oxygen atoms in total. The van der Waals surface area contributed by atoms with Crippen LogP contribution < -0.4 is 23.7 Å². The summed E-state index contributed by atoms with van der Waals surface area (Å²) in [5.74, 6) is 1.38. The molecule has 3 rings (SSSR count). The Hall–Kier alpha value is -3.68. The van der Waals surface area contributed by atoms with E-state index < -0.39 is 11.6 Å². The maximum atomic E-state index is 12.8. The van der Waals surface area contributed by atoms with Gasteiger partial charge in [-0.1, -0.05) is 0 Å². The van der Waals surface area contributed by atoms with Crippen molar-refractivity contribution < 1.29 is 38.0 Å². The Kier molecular flexibility index (Phi) is 6.62. The molecule has 2 aromatic carbocycles. The molecule has 0 amide bonds. The Bertz CT molecular complexity index is 1060. The van der Waals surface area contributed by atoms with Crippen molar-refractivity contribution in [2.24, 2.45) is 0 Å². The van der Waals surface area contributed by atoms with Gasteiger partial charge in [0.25, 0.3) is 0 Å². The van der Waals surface area contributed by atoms with E-state index in [9.17, 15) is 9.59 Å². The Morgan fingerprint density at radius 3 is 2.34 bits per heavy atom. The summed E-state index contributed by atoms with van der Waals surface area (Å²) in [5.41, 5.74) is 0.377. The molecule has 0 atom stereocenters. The number of hydrogen-bond acceptors (Lipinski definition) is 8. The van der Waals surface area contributed by atoms with Gasteiger partial charge >= 0.3 is 5.97 Å². The van der Waals surface area contributed by atoms with Crippen LogP contribution in [0.5, 0.6) is 28.7 Å². The number of benzene rings is 2. The van der Waals surface area contributed by atoms with Crippen molar-refractivity contribution in [1.29, 1.82) is 0 Å². The smallest absolute Gasteiger partial charge is 0.344 e. The van der Waals surface area contributed by atoms with Crippen LogP contribution in [0.2, 0.25) is 0 Å². The standard InChI is InChI=1S/C24H26O8/c1-24(2,3)32-20(25)13-30-15-8-9-16-18(12-15)31-19(21(16)26)11-14-7-10-17(27-4)23(29-6)22(14)28-5/h7-12H,13H2,1-6H3/b19-11-. The van der Waals surface area contributed by atoms with Crippen LogP contribution in [0.4, 0.5) is 0 Å². The van der Waals surface area contributed by atoms with Gasteiger partial charge in [0.1, 0.15) is 17.1 Å². The molecular formula is C24H26O8. The lowest BCUT2D eigenvalue weighted by atomic mass is 10.1. The summed E-state index contributed by atoms with van der Waals surface area (Å²) < 4.78 is 32.6. The van der Waals surface area contributed by atoms with Gasteiger partial charge in [0.05, 0.1) is 26.9 Å². The van der Waals surface area contributed by atoms with Crippen LogP contribution >= 0.6 is 0 Å². The third kappa shape index (κ3) is 4.96. The number of methoxy groups -OCH3 is 3. The third-order valence-electron chi connectivity index (χ3n) is 4.44. The maximum absolute atomic E-state index is 12.8. The minimum Gasteiger partial charge on any atom is -0.493 e. The first kappa shape index (κ1) is 23.0. The largest absolute Gasteiger partial charge is 0.493 e. The zero-order valence-corrected chi connectivity index (χ0v) is 18.9. The van der Waals surface area contributed by atoms with E-state index in [0.717, 1.165) is 0 Å². The van der Waals surface area contributed by atoms with Crippen LogP contribution in [-0.4, -0.2) is 45.3 Å². The summed E-state index contributed by atoms with van der Waals surface area (Å²) in [5, 5.41) is 0. The number of hydrogen-bond donors (Lipinski definition) is 0. The Labute approximate surface area is 186 Å². The molecule has 1 aliphatic heterocycles. The molecule has 0 fully saturated rings. The zero-order valence-electron chi connectivity index (χ0n) is 18.9. The predicted octanol–water partition coefficient (Wildman–Crippen LogP) is 4.05. The van der Waals surface area contributed by atoms with Crippen LogP contribution in [0.1, 0.15) is 36.7 Å². The highest BCUT2D eigenvalue weighted by molar-refractivity contribution is 6.14. The SMILES string of the molecule is COc1ccc(/C=C2\Oc3cc(OCC(=O)OC(C)(C)C)ccc3C2=O)c(OC)c1OC. The number of ketones is 1. The van der Waals surface area contributed by atoms with Gasteiger partial charge in [-0.3, -0.25) is 4.79 Å². The van der Waals surface area contributed by atoms with E-state index in [0.29, 0.717) is 39.9 Å². The lowest BCUT2D eigenvalue weighted by molar-refractivity contribution is -0.157. The van der Waals surface area contributed by atoms with Gasteiger partial charge in [-0.25, -0.2) is 4.79 Å². The number of allylic oxidation sites excluding steroid dienone is 1. The average molecular weight is 442 g/mol. The van der Waals surface area contributed by atoms with E-state index in [1.165, 1.54) is 21.3 Å². The van der Waals surface area contributed by atoms with Gasteiger partial charge in [0.2, 0.25) is 11.5 Å². The van der Waals surface area contributed by atoms with Gasteiger partial charge in [0, 0.05) is 11.6 Å². The molecule has 0 unspecified atom stereocenters. The van der Waals surface area contributed by atoms with E-state index in [4.69, 9.17) is 28.4 Å². The van der Waals surface area contributed by atoms with Crippen LogP contribution in [0.15, 0.2) is 36.1 Å². The Morgan fingerprint density at radius 2 is 1.72 bits per heavy atom. The number of carbonyl (C=O) groups is 2. The monoisotopic (exact) mass is 442 g/mol. The summed E-state index contributed by atoms with van der Waals surface area (Å²) in [6.07, 6.45) is 1.57. The second-order valence-electron chi connectivity index (χ2n) is 7.90. The third-order valence-corrected chi connectivity index (χ3v) is 4.44. The minimum atomic E-state index is -0.598. The molecule has 0 saturated heterocycles. The zero-order chi connectivity index (χ0) is 23.5. The molecule has 0 aromatic heterocycles. The van der Waals surface area contributed by atoms with Crippen molar-refractivity contribution in [2.45, 2.75) is 26.4 Å². The van der Waals surface area contributed by atoms with E-state index in [1.54, 1.807) is 57.2 Å². The highest BCUT2D eigenvalue weighted by atomic mass is 16.6. The normalized spacial score (nSPS) is 13.9. The average Bonchev–Trinajstić information content (AvgIpc) is 3.05. The predicted molar refractivity (Wildman–Crippen MR) is 117 cm³/mol. The number of ether oxygens (including phenoxy) is 6. The minimum absolute atomic E-state index is 0.120. The lowest BCUT2D eigenvalue weighted by Crippen LogP contribution is -2.27. The number of rotatable bonds is 7. The summed E-state index contributed by atoms with van der Waals surface area (Å²) in [6.45, 7) is 5.08. The van der Waals surface area contributed by atoms with E-state index in [-0.39, 0.29) is 18.1 Å². The van der Waals surface area contributed by atoms with Gasteiger partial charge in [0.15, 0.2) is 23.9 Å². The van der Waals surface area contributed by atoms with E-state index in [1.807, 2.05) is 0 Å². The molecule has 0 aliphatic carbocycles. The molecule has 32 heavy (non-hydrogen) atoms. The fourth-order valence-electron chi connectivity index (χ4n) is 3.15. The van der Waals surface area contributed by atoms with E-state index in [2.05, 4.69) is 0 Å². The summed E-state index contributed by atoms with van der Waals surface area (Å²) in [4.78, 5) is 24.7. The van der Waals surface area contributed by atoms with Crippen molar-refractivity contribution in [1.82, 2.24) is 0 Å². The van der Waals surface area contributed by atoms with Crippen molar-refractivity contribution in [3.63, 3.8) is 0 Å². The summed E-state index contributed by atoms with van der Waals surface area (Å²) in [7, 11) is 4.53. The molecule has 0 N–H and O–H groups in total. The van der Waals surface area contributed by atoms with E-state index >= 15 is 0 Å². The van der Waals surface area contributed by atoms with Crippen molar-refractivity contribution in [3.05, 3.63) is 47.2 Å². The van der Waals surface area contributed by atoms with Gasteiger partial charge in [-0.2, -0.15) is 0 Å². The topological polar surface area (TPSA) is 89.5 Å². The molecule has 0 radical (unpaired) electrons. The van der Waals surface area contributed by atoms with Crippen LogP contribution in [0.3, 0.4) is 0 Å². The lowest BCUT2D eigenvalue weighted by Gasteiger charge is -2.19. The fourth-order valence-corrected chi connectivity index (χ4v) is 3.15. The van der Waals surface area contributed by atoms with Crippen molar-refractivity contribution in [3.8, 4) is 28.7 Å². The molecule has 0 saturated carbocycles. The molecule has 0 bridgehead atoms. The maximum Gasteiger partial charge on any atom is 0.344 e. The molecular weight excluding hydrogens is 416 g/mol. The molecule has 2 aromatic rings. The molecule has 1 aliphatic rings. The number of esters is 1. The van der Waals surface area contributed by atoms with Gasteiger partial charge in [-0.05, 0) is 51.1 Å². The first-order chi connectivity index (χ1) is 15.2. The second-order valence-corrected chi connectivity index (χ2v) is 7.90. The van der Waals surface area contributed by atoms with Gasteiger partial charge < -0.3 is 28.4 Å². The first-order valence-corrected chi connectivity index (χ1v) is 9.88. The quantitative estimate of drug-likeness (QED) is 0.469. The fraction of sp³-hybridized carbons (Fsp3) is 0.333. The highest BCUT2D eigenvalue weighted by Crippen LogP contribution is 2.42. The van der Waals surface area contributed by atoms with Crippen LogP contribution in [-0.2, 0) is 9.53 Å². The molecule has 0 spiro atoms.